The van der Waals surface area contributed by atoms with Gasteiger partial charge in [0.25, 0.3) is 0 Å². The van der Waals surface area contributed by atoms with Crippen molar-refractivity contribution in [1.29, 1.82) is 0 Å². The minimum absolute atomic E-state index is 0.00890. The lowest BCUT2D eigenvalue weighted by atomic mass is 10.1. The number of halogens is 6. The lowest BCUT2D eigenvalue weighted by Gasteiger charge is -2.21. The Labute approximate surface area is 333 Å². The van der Waals surface area contributed by atoms with Gasteiger partial charge in [0.1, 0.15) is 11.5 Å². The molecule has 0 saturated carbocycles. The first kappa shape index (κ1) is 40.6. The number of phosphoric ester groups is 1. The molecule has 2 rings (SSSR count). The van der Waals surface area contributed by atoms with Gasteiger partial charge in [-0.15, -0.1) is 0 Å². The predicted octanol–water partition coefficient (Wildman–Crippen LogP) is 7.04. The average molecular weight is 1290 g/mol. The molecule has 0 aliphatic heterocycles. The number of hydrogen-bond donors (Lipinski definition) is 3. The lowest BCUT2D eigenvalue weighted by molar-refractivity contribution is -0.123. The van der Waals surface area contributed by atoms with E-state index in [1.807, 2.05) is 12.1 Å². The van der Waals surface area contributed by atoms with Crippen LogP contribution in [0.15, 0.2) is 12.1 Å². The Morgan fingerprint density at radius 3 is 1.79 bits per heavy atom. The van der Waals surface area contributed by atoms with Crippen molar-refractivity contribution in [3.63, 3.8) is 0 Å². The molecule has 2 atom stereocenters. The van der Waals surface area contributed by atoms with Crippen LogP contribution in [-0.4, -0.2) is 56.7 Å². The Kier molecular flexibility index (Phi) is 19.0. The molecule has 3 N–H and O–H groups in total. The number of ether oxygens (including phenoxy) is 2. The lowest BCUT2D eigenvalue weighted by Crippen LogP contribution is -2.46. The van der Waals surface area contributed by atoms with Gasteiger partial charge in [-0.2, -0.15) is 0 Å². The Morgan fingerprint density at radius 2 is 1.33 bits per heavy atom. The molecule has 2 aromatic carbocycles. The van der Waals surface area contributed by atoms with Crippen molar-refractivity contribution in [3.8, 4) is 11.5 Å². The van der Waals surface area contributed by atoms with Gasteiger partial charge in [-0.25, -0.2) is 4.57 Å². The molecular weight excluding hydrogens is 1260 g/mol. The average Bonchev–Trinajstić information content (AvgIpc) is 2.93. The molecule has 240 valence electrons. The van der Waals surface area contributed by atoms with Gasteiger partial charge in [-0.1, -0.05) is 6.92 Å². The number of hydrogen-bond acceptors (Lipinski definition) is 7. The van der Waals surface area contributed by atoms with E-state index < -0.39 is 13.9 Å². The summed E-state index contributed by atoms with van der Waals surface area (Å²) in [5, 5.41) is 5.67. The molecule has 0 saturated heterocycles. The molecule has 0 spiro atoms. The topological polar surface area (TPSA) is 132 Å². The molecule has 0 radical (unpaired) electrons. The molecule has 43 heavy (non-hydrogen) atoms. The zero-order chi connectivity index (χ0) is 32.3. The maximum Gasteiger partial charge on any atom is 0.472 e. The van der Waals surface area contributed by atoms with Crippen molar-refractivity contribution < 1.29 is 37.6 Å². The van der Waals surface area contributed by atoms with Gasteiger partial charge in [0, 0.05) is 26.5 Å². The van der Waals surface area contributed by atoms with Crippen LogP contribution in [0.2, 0.25) is 0 Å². The smallest absolute Gasteiger partial charge is 0.472 e. The minimum atomic E-state index is -4.31. The second-order valence-electron chi connectivity index (χ2n) is 9.00. The van der Waals surface area contributed by atoms with Crippen molar-refractivity contribution in [2.75, 3.05) is 34.0 Å². The number of benzene rings is 2. The minimum Gasteiger partial charge on any atom is -0.495 e. The van der Waals surface area contributed by atoms with Gasteiger partial charge in [0.2, 0.25) is 11.8 Å². The molecule has 1 unspecified atom stereocenters. The number of methoxy groups -OCH3 is 2. The third-order valence-electron chi connectivity index (χ3n) is 5.87. The first-order chi connectivity index (χ1) is 20.2. The normalized spacial score (nSPS) is 13.3. The molecule has 0 bridgehead atoms. The van der Waals surface area contributed by atoms with Gasteiger partial charge in [-0.05, 0) is 178 Å². The van der Waals surface area contributed by atoms with Gasteiger partial charge in [-0.3, -0.25) is 18.6 Å². The van der Waals surface area contributed by atoms with Crippen LogP contribution in [0, 0.1) is 21.4 Å². The van der Waals surface area contributed by atoms with Crippen LogP contribution in [0.1, 0.15) is 37.3 Å². The van der Waals surface area contributed by atoms with Gasteiger partial charge in [0.15, 0.2) is 0 Å². The highest BCUT2D eigenvalue weighted by molar-refractivity contribution is 14.1. The molecule has 2 amide bonds. The van der Waals surface area contributed by atoms with E-state index in [0.717, 1.165) is 44.0 Å². The highest BCUT2D eigenvalue weighted by Gasteiger charge is 2.25. The Bertz CT molecular complexity index is 1350. The van der Waals surface area contributed by atoms with E-state index in [9.17, 15) is 19.0 Å². The predicted molar refractivity (Wildman–Crippen MR) is 216 cm³/mol. The third kappa shape index (κ3) is 13.1. The standard InChI is InChI=1S/C26H31I6N2O8P/c1-4-9-41-43(37,38)42-13-14(34-22(36)8-6-16-18(28)11-20(30)26(40-3)24(16)32)12-33-21(35)7-5-15-17(27)10-19(29)25(39-2)23(15)31/h10-11,14H,4-9,12-13H2,1-3H3,(H,33,35)(H,34,36)(H,37,38)/t14-/m1/s1. The summed E-state index contributed by atoms with van der Waals surface area (Å²) < 4.78 is 39.3. The molecule has 0 aliphatic carbocycles. The molecule has 0 fully saturated rings. The Balaban J connectivity index is 2.07. The summed E-state index contributed by atoms with van der Waals surface area (Å²) in [6.45, 7) is 1.55. The van der Waals surface area contributed by atoms with E-state index in [-0.39, 0.29) is 44.4 Å². The molecule has 0 aromatic heterocycles. The second-order valence-corrected chi connectivity index (χ2v) is 17.3. The van der Waals surface area contributed by atoms with E-state index in [4.69, 9.17) is 18.5 Å². The van der Waals surface area contributed by atoms with Crippen LogP contribution < -0.4 is 20.1 Å². The number of carbonyl (C=O) groups excluding carboxylic acids is 2. The largest absolute Gasteiger partial charge is 0.495 e. The van der Waals surface area contributed by atoms with Crippen molar-refractivity contribution in [2.45, 2.75) is 45.1 Å². The number of nitrogens with one attached hydrogen (secondary N) is 2. The first-order valence-corrected chi connectivity index (χ1v) is 20.8. The monoisotopic (exact) mass is 1290 g/mol. The van der Waals surface area contributed by atoms with Crippen molar-refractivity contribution in [2.24, 2.45) is 0 Å². The summed E-state index contributed by atoms with van der Waals surface area (Å²) in [7, 11) is -1.08. The van der Waals surface area contributed by atoms with Gasteiger partial charge < -0.3 is 25.0 Å². The van der Waals surface area contributed by atoms with Crippen LogP contribution in [0.3, 0.4) is 0 Å². The SMILES string of the molecule is CCCOP(=O)(O)OC[C@@H](CNC(=O)CCc1c(I)cc(I)c(OC)c1I)NC(=O)CCc1c(I)cc(I)c(OC)c1I. The fraction of sp³-hybridized carbons (Fsp3) is 0.462. The van der Waals surface area contributed by atoms with Crippen LogP contribution in [-0.2, 0) is 36.0 Å². The highest BCUT2D eigenvalue weighted by atomic mass is 127. The molecular formula is C26H31I6N2O8P. The zero-order valence-corrected chi connectivity index (χ0v) is 37.2. The molecule has 0 heterocycles. The van der Waals surface area contributed by atoms with Gasteiger partial charge >= 0.3 is 7.82 Å². The molecule has 2 aromatic rings. The summed E-state index contributed by atoms with van der Waals surface area (Å²) in [6, 6.07) is 3.26. The molecule has 0 aliphatic rings. The Morgan fingerprint density at radius 1 is 0.837 bits per heavy atom. The number of phosphoric acid groups is 1. The fourth-order valence-electron chi connectivity index (χ4n) is 3.74. The van der Waals surface area contributed by atoms with Crippen molar-refractivity contribution >= 4 is 155 Å². The summed E-state index contributed by atoms with van der Waals surface area (Å²) in [5.74, 6) is 1.03. The van der Waals surface area contributed by atoms with E-state index in [1.165, 1.54) is 0 Å². The number of rotatable bonds is 17. The van der Waals surface area contributed by atoms with Crippen molar-refractivity contribution in [1.82, 2.24) is 10.6 Å². The summed E-state index contributed by atoms with van der Waals surface area (Å²) in [6.07, 6.45) is 1.87. The fourth-order valence-corrected chi connectivity index (χ4v) is 13.3. The molecule has 17 heteroatoms. The summed E-state index contributed by atoms with van der Waals surface area (Å²) >= 11 is 13.4. The summed E-state index contributed by atoms with van der Waals surface area (Å²) in [4.78, 5) is 35.8. The van der Waals surface area contributed by atoms with Crippen LogP contribution in [0.4, 0.5) is 0 Å². The van der Waals surface area contributed by atoms with E-state index in [2.05, 4.69) is 146 Å². The third-order valence-corrected chi connectivity index (χ3v) is 12.7. The molecule has 10 nitrogen and oxygen atoms in total. The van der Waals surface area contributed by atoms with Gasteiger partial charge in [0.05, 0.1) is 47.8 Å². The summed E-state index contributed by atoms with van der Waals surface area (Å²) in [5.41, 5.74) is 2.02. The quantitative estimate of drug-likeness (QED) is 0.114. The number of carbonyl (C=O) groups is 2. The van der Waals surface area contributed by atoms with Crippen LogP contribution >= 0.6 is 143 Å². The first-order valence-electron chi connectivity index (χ1n) is 12.8. The van der Waals surface area contributed by atoms with E-state index >= 15 is 0 Å². The van der Waals surface area contributed by atoms with E-state index in [1.54, 1.807) is 21.1 Å². The number of amides is 2. The second kappa shape index (κ2) is 20.1. The van der Waals surface area contributed by atoms with E-state index in [0.29, 0.717) is 19.3 Å². The highest BCUT2D eigenvalue weighted by Crippen LogP contribution is 2.43. The Hall–Kier alpha value is 1.47. The van der Waals surface area contributed by atoms with Crippen molar-refractivity contribution in [3.05, 3.63) is 44.7 Å². The maximum atomic E-state index is 13.0. The maximum absolute atomic E-state index is 13.0. The van der Waals surface area contributed by atoms with Crippen LogP contribution in [0.25, 0.3) is 0 Å². The zero-order valence-electron chi connectivity index (χ0n) is 23.4. The van der Waals surface area contributed by atoms with Crippen LogP contribution in [0.5, 0.6) is 11.5 Å².